The van der Waals surface area contributed by atoms with Crippen LogP contribution < -0.4 is 14.8 Å². The van der Waals surface area contributed by atoms with Crippen LogP contribution in [0.4, 0.5) is 5.69 Å². The van der Waals surface area contributed by atoms with Crippen LogP contribution in [-0.4, -0.2) is 36.6 Å². The first kappa shape index (κ1) is 22.8. The topological polar surface area (TPSA) is 106 Å². The number of aromatic amines is 1. The molecule has 4 aromatic rings. The zero-order valence-corrected chi connectivity index (χ0v) is 19.0. The Morgan fingerprint density at radius 2 is 1.74 bits per heavy atom. The molecule has 0 unspecified atom stereocenters. The summed E-state index contributed by atoms with van der Waals surface area (Å²) in [4.78, 5) is 26.3. The van der Waals surface area contributed by atoms with Gasteiger partial charge in [0.1, 0.15) is 0 Å². The largest absolute Gasteiger partial charge is 0.493 e. The number of hydrogen-bond acceptors (Lipinski definition) is 5. The number of para-hydroxylation sites is 1. The molecule has 0 aliphatic heterocycles. The number of non-ortho nitro benzene ring substituents is 1. The molecule has 0 bridgehead atoms. The van der Waals surface area contributed by atoms with E-state index in [0.717, 1.165) is 33.3 Å². The molecule has 0 radical (unpaired) electrons. The maximum atomic E-state index is 12.4. The van der Waals surface area contributed by atoms with Crippen LogP contribution in [0.25, 0.3) is 22.2 Å². The first-order chi connectivity index (χ1) is 16.5. The summed E-state index contributed by atoms with van der Waals surface area (Å²) in [5.41, 5.74) is 4.76. The number of carbonyl (C=O) groups excluding carboxylic acids is 1. The lowest BCUT2D eigenvalue weighted by Gasteiger charge is -2.11. The van der Waals surface area contributed by atoms with Gasteiger partial charge in [-0.15, -0.1) is 0 Å². The van der Waals surface area contributed by atoms with Crippen molar-refractivity contribution in [3.63, 3.8) is 0 Å². The maximum Gasteiger partial charge on any atom is 0.269 e. The number of H-pyrrole nitrogens is 1. The van der Waals surface area contributed by atoms with E-state index in [9.17, 15) is 14.9 Å². The van der Waals surface area contributed by atoms with Crippen LogP contribution in [0.5, 0.6) is 11.5 Å². The van der Waals surface area contributed by atoms with E-state index >= 15 is 0 Å². The van der Waals surface area contributed by atoms with E-state index in [2.05, 4.69) is 16.4 Å². The van der Waals surface area contributed by atoms with Gasteiger partial charge in [-0.2, -0.15) is 0 Å². The number of nitrogens with zero attached hydrogens (tertiary/aromatic N) is 1. The Balaban J connectivity index is 1.50. The second-order valence-electron chi connectivity index (χ2n) is 7.79. The molecule has 0 spiro atoms. The van der Waals surface area contributed by atoms with Gasteiger partial charge in [-0.25, -0.2) is 0 Å². The van der Waals surface area contributed by atoms with Gasteiger partial charge in [0, 0.05) is 40.8 Å². The summed E-state index contributed by atoms with van der Waals surface area (Å²) in [7, 11) is 3.21. The molecule has 0 aliphatic rings. The van der Waals surface area contributed by atoms with Gasteiger partial charge in [0.15, 0.2) is 11.5 Å². The molecule has 2 N–H and O–H groups in total. The zero-order chi connectivity index (χ0) is 24.1. The van der Waals surface area contributed by atoms with Crippen molar-refractivity contribution >= 4 is 22.5 Å². The third-order valence-electron chi connectivity index (χ3n) is 5.69. The summed E-state index contributed by atoms with van der Waals surface area (Å²) in [6, 6.07) is 19.9. The van der Waals surface area contributed by atoms with E-state index in [4.69, 9.17) is 9.47 Å². The van der Waals surface area contributed by atoms with Gasteiger partial charge in [-0.3, -0.25) is 14.9 Å². The van der Waals surface area contributed by atoms with Crippen molar-refractivity contribution in [2.45, 2.75) is 12.8 Å². The molecule has 34 heavy (non-hydrogen) atoms. The number of ether oxygens (including phenoxy) is 2. The highest BCUT2D eigenvalue weighted by Gasteiger charge is 2.15. The van der Waals surface area contributed by atoms with Crippen molar-refractivity contribution in [1.29, 1.82) is 0 Å². The number of methoxy groups -OCH3 is 2. The lowest BCUT2D eigenvalue weighted by molar-refractivity contribution is -0.384. The molecule has 1 heterocycles. The van der Waals surface area contributed by atoms with Crippen LogP contribution in [0.2, 0.25) is 0 Å². The quantitative estimate of drug-likeness (QED) is 0.280. The maximum absolute atomic E-state index is 12.4. The average molecular weight is 460 g/mol. The molecule has 0 aliphatic carbocycles. The number of hydrogen-bond donors (Lipinski definition) is 2. The summed E-state index contributed by atoms with van der Waals surface area (Å²) in [5.74, 6) is 1.16. The van der Waals surface area contributed by atoms with E-state index < -0.39 is 4.92 Å². The summed E-state index contributed by atoms with van der Waals surface area (Å²) in [6.45, 7) is 0.452. The predicted octanol–water partition coefficient (Wildman–Crippen LogP) is 4.66. The van der Waals surface area contributed by atoms with E-state index in [0.29, 0.717) is 24.5 Å². The molecular weight excluding hydrogens is 434 g/mol. The highest BCUT2D eigenvalue weighted by atomic mass is 16.6. The number of rotatable bonds is 9. The van der Waals surface area contributed by atoms with Crippen LogP contribution in [0, 0.1) is 10.1 Å². The lowest BCUT2D eigenvalue weighted by atomic mass is 10.0. The monoisotopic (exact) mass is 459 g/mol. The molecular formula is C26H25N3O5. The molecule has 4 rings (SSSR count). The van der Waals surface area contributed by atoms with Gasteiger partial charge in [-0.05, 0) is 41.8 Å². The number of benzene rings is 3. The van der Waals surface area contributed by atoms with Gasteiger partial charge < -0.3 is 19.8 Å². The van der Waals surface area contributed by atoms with Gasteiger partial charge in [-0.1, -0.05) is 30.3 Å². The van der Waals surface area contributed by atoms with Crippen LogP contribution in [0.15, 0.2) is 66.7 Å². The third kappa shape index (κ3) is 4.85. The van der Waals surface area contributed by atoms with Gasteiger partial charge in [0.2, 0.25) is 5.91 Å². The van der Waals surface area contributed by atoms with Gasteiger partial charge in [0.05, 0.1) is 25.6 Å². The van der Waals surface area contributed by atoms with E-state index in [1.54, 1.807) is 26.4 Å². The fraction of sp³-hybridized carbons (Fsp3) is 0.192. The molecule has 8 nitrogen and oxygen atoms in total. The number of amides is 1. The molecule has 1 aromatic heterocycles. The Kier molecular flexibility index (Phi) is 6.77. The van der Waals surface area contributed by atoms with Crippen molar-refractivity contribution in [1.82, 2.24) is 10.3 Å². The average Bonchev–Trinajstić information content (AvgIpc) is 3.22. The number of nitro groups is 1. The zero-order valence-electron chi connectivity index (χ0n) is 19.0. The second kappa shape index (κ2) is 10.1. The molecule has 0 fully saturated rings. The standard InChI is InChI=1S/C26H25N3O5/c1-33-23-12-9-18(16-24(23)34-2)26-21(20-5-3-4-6-22(20)28-26)13-14-27-25(30)15-17-7-10-19(11-8-17)29(31)32/h3-12,16,28H,13-15H2,1-2H3,(H,27,30). The van der Waals surface area contributed by atoms with Gasteiger partial charge >= 0.3 is 0 Å². The number of fused-ring (bicyclic) bond motifs is 1. The number of nitro benzene ring substituents is 1. The van der Waals surface area contributed by atoms with Crippen LogP contribution >= 0.6 is 0 Å². The second-order valence-corrected chi connectivity index (χ2v) is 7.79. The number of nitrogens with one attached hydrogen (secondary N) is 2. The minimum Gasteiger partial charge on any atom is -0.493 e. The van der Waals surface area contributed by atoms with E-state index in [-0.39, 0.29) is 18.0 Å². The van der Waals surface area contributed by atoms with Crippen molar-refractivity contribution < 1.29 is 19.2 Å². The molecule has 1 amide bonds. The normalized spacial score (nSPS) is 10.8. The van der Waals surface area contributed by atoms with E-state index in [1.807, 2.05) is 36.4 Å². The molecule has 0 saturated carbocycles. The lowest BCUT2D eigenvalue weighted by Crippen LogP contribution is -2.27. The SMILES string of the molecule is COc1ccc(-c2[nH]c3ccccc3c2CCNC(=O)Cc2ccc([N+](=O)[O-])cc2)cc1OC. The third-order valence-corrected chi connectivity index (χ3v) is 5.69. The number of aromatic nitrogens is 1. The fourth-order valence-corrected chi connectivity index (χ4v) is 4.01. The highest BCUT2D eigenvalue weighted by molar-refractivity contribution is 5.91. The highest BCUT2D eigenvalue weighted by Crippen LogP contribution is 2.36. The number of carbonyl (C=O) groups is 1. The van der Waals surface area contributed by atoms with Crippen LogP contribution in [0.3, 0.4) is 0 Å². The van der Waals surface area contributed by atoms with Crippen molar-refractivity contribution in [3.05, 3.63) is 88.0 Å². The minimum absolute atomic E-state index is 0.00573. The Morgan fingerprint density at radius 1 is 1.00 bits per heavy atom. The molecule has 3 aromatic carbocycles. The Labute approximate surface area is 196 Å². The summed E-state index contributed by atoms with van der Waals surface area (Å²) in [5, 5.41) is 14.8. The van der Waals surface area contributed by atoms with E-state index in [1.165, 1.54) is 12.1 Å². The molecule has 8 heteroatoms. The summed E-state index contributed by atoms with van der Waals surface area (Å²) >= 11 is 0. The van der Waals surface area contributed by atoms with Gasteiger partial charge in [0.25, 0.3) is 5.69 Å². The summed E-state index contributed by atoms with van der Waals surface area (Å²) in [6.07, 6.45) is 0.786. The Bertz CT molecular complexity index is 1330. The van der Waals surface area contributed by atoms with Crippen LogP contribution in [-0.2, 0) is 17.6 Å². The first-order valence-electron chi connectivity index (χ1n) is 10.8. The smallest absolute Gasteiger partial charge is 0.269 e. The van der Waals surface area contributed by atoms with Crippen molar-refractivity contribution in [2.75, 3.05) is 20.8 Å². The van der Waals surface area contributed by atoms with Crippen molar-refractivity contribution in [3.8, 4) is 22.8 Å². The predicted molar refractivity (Wildman–Crippen MR) is 130 cm³/mol. The molecule has 174 valence electrons. The molecule has 0 atom stereocenters. The fourth-order valence-electron chi connectivity index (χ4n) is 4.01. The first-order valence-corrected chi connectivity index (χ1v) is 10.8. The Hall–Kier alpha value is -4.33. The Morgan fingerprint density at radius 3 is 2.44 bits per heavy atom. The minimum atomic E-state index is -0.457. The molecule has 0 saturated heterocycles. The van der Waals surface area contributed by atoms with Crippen LogP contribution in [0.1, 0.15) is 11.1 Å². The van der Waals surface area contributed by atoms with Crippen molar-refractivity contribution in [2.24, 2.45) is 0 Å². The summed E-state index contributed by atoms with van der Waals surface area (Å²) < 4.78 is 10.8.